The van der Waals surface area contributed by atoms with Crippen molar-refractivity contribution in [2.45, 2.75) is 24.0 Å². The molecule has 0 fully saturated rings. The van der Waals surface area contributed by atoms with Crippen LogP contribution in [0.1, 0.15) is 39.1 Å². The van der Waals surface area contributed by atoms with Gasteiger partial charge in [-0.05, 0) is 35.4 Å². The van der Waals surface area contributed by atoms with Gasteiger partial charge in [-0.2, -0.15) is 4.31 Å². The number of hydrogen-bond acceptors (Lipinski definition) is 9. The van der Waals surface area contributed by atoms with E-state index >= 15 is 0 Å². The van der Waals surface area contributed by atoms with Crippen molar-refractivity contribution >= 4 is 44.6 Å². The molecule has 0 N–H and O–H groups in total. The Bertz CT molecular complexity index is 2090. The van der Waals surface area contributed by atoms with E-state index in [4.69, 9.17) is 0 Å². The highest BCUT2D eigenvalue weighted by Gasteiger charge is 2.38. The molecule has 0 aliphatic carbocycles. The minimum atomic E-state index is -4.22. The first kappa shape index (κ1) is 30.2. The molecular formula is C35H27N7O3S2. The summed E-state index contributed by atoms with van der Waals surface area (Å²) < 4.78 is 31.3. The predicted octanol–water partition coefficient (Wildman–Crippen LogP) is 5.79. The van der Waals surface area contributed by atoms with Gasteiger partial charge in [-0.15, -0.1) is 11.3 Å². The van der Waals surface area contributed by atoms with Crippen molar-refractivity contribution < 1.29 is 13.2 Å². The monoisotopic (exact) mass is 657 g/mol. The van der Waals surface area contributed by atoms with Crippen LogP contribution in [0.25, 0.3) is 11.6 Å². The smallest absolute Gasteiger partial charge is 0.259 e. The van der Waals surface area contributed by atoms with Crippen molar-refractivity contribution in [1.82, 2.24) is 29.2 Å². The molecule has 10 nitrogen and oxygen atoms in total. The Hall–Kier alpha value is -5.43. The molecule has 232 valence electrons. The maximum Gasteiger partial charge on any atom is 0.259 e. The largest absolute Gasteiger partial charge is 0.302 e. The van der Waals surface area contributed by atoms with Crippen molar-refractivity contribution in [2.24, 2.45) is 0 Å². The molecule has 4 heterocycles. The number of thiazole rings is 1. The first-order chi connectivity index (χ1) is 23.0. The third-order valence-corrected chi connectivity index (χ3v) is 10.3. The average Bonchev–Trinajstić information content (AvgIpc) is 3.72. The second-order valence-electron chi connectivity index (χ2n) is 10.7. The molecule has 6 aromatic rings. The summed E-state index contributed by atoms with van der Waals surface area (Å²) in [5.74, 6) is -0.279. The second-order valence-corrected chi connectivity index (χ2v) is 13.5. The molecule has 3 aromatic heterocycles. The summed E-state index contributed by atoms with van der Waals surface area (Å²) in [6.07, 6.45) is 12.8. The number of anilines is 1. The maximum absolute atomic E-state index is 14.9. The number of sulfonamides is 1. The fourth-order valence-corrected chi connectivity index (χ4v) is 7.78. The molecule has 0 bridgehead atoms. The van der Waals surface area contributed by atoms with Crippen LogP contribution in [0.5, 0.6) is 0 Å². The average molecular weight is 658 g/mol. The third kappa shape index (κ3) is 6.21. The first-order valence-corrected chi connectivity index (χ1v) is 17.0. The Morgan fingerprint density at radius 1 is 0.787 bits per heavy atom. The molecule has 3 aromatic carbocycles. The van der Waals surface area contributed by atoms with Crippen molar-refractivity contribution in [3.8, 4) is 0 Å². The van der Waals surface area contributed by atoms with Crippen molar-refractivity contribution in [3.05, 3.63) is 161 Å². The molecular weight excluding hydrogens is 631 g/mol. The predicted molar refractivity (Wildman–Crippen MR) is 179 cm³/mol. The number of rotatable bonds is 10. The summed E-state index contributed by atoms with van der Waals surface area (Å²) in [6.45, 7) is 0.130. The van der Waals surface area contributed by atoms with E-state index in [-0.39, 0.29) is 23.9 Å². The molecule has 0 unspecified atom stereocenters. The molecule has 1 amide bonds. The number of carbonyl (C=O) groups is 1. The van der Waals surface area contributed by atoms with Gasteiger partial charge < -0.3 is 4.90 Å². The van der Waals surface area contributed by atoms with E-state index in [0.29, 0.717) is 33.2 Å². The SMILES string of the molecule is O=C1/C(=C/c2nccs2)c2cc(S(=O)(=O)N(Cc3cnccn3)C(c3ccccc3)c3ccccc3)ccc2N1Cc1cnccn1. The summed E-state index contributed by atoms with van der Waals surface area (Å²) in [5.41, 5.74) is 4.09. The molecule has 0 atom stereocenters. The van der Waals surface area contributed by atoms with E-state index < -0.39 is 16.1 Å². The summed E-state index contributed by atoms with van der Waals surface area (Å²) in [5, 5.41) is 2.45. The Morgan fingerprint density at radius 3 is 2.04 bits per heavy atom. The lowest BCUT2D eigenvalue weighted by molar-refractivity contribution is -0.113. The van der Waals surface area contributed by atoms with Gasteiger partial charge in [0, 0.05) is 48.1 Å². The fraction of sp³-hybridized carbons (Fsp3) is 0.0857. The van der Waals surface area contributed by atoms with Gasteiger partial charge in [0.2, 0.25) is 10.0 Å². The quantitative estimate of drug-likeness (QED) is 0.170. The lowest BCUT2D eigenvalue weighted by Gasteiger charge is -2.31. The number of aromatic nitrogens is 5. The highest BCUT2D eigenvalue weighted by molar-refractivity contribution is 7.89. The normalized spacial score (nSPS) is 13.9. The summed E-state index contributed by atoms with van der Waals surface area (Å²) in [4.78, 5) is 37.0. The molecule has 0 saturated carbocycles. The van der Waals surface area contributed by atoms with Gasteiger partial charge in [0.1, 0.15) is 5.01 Å². The van der Waals surface area contributed by atoms with E-state index in [1.165, 1.54) is 15.6 Å². The molecule has 0 spiro atoms. The van der Waals surface area contributed by atoms with E-state index in [9.17, 15) is 13.2 Å². The maximum atomic E-state index is 14.9. The van der Waals surface area contributed by atoms with Gasteiger partial charge in [0.15, 0.2) is 0 Å². The number of hydrogen-bond donors (Lipinski definition) is 0. The summed E-state index contributed by atoms with van der Waals surface area (Å²) in [7, 11) is -4.22. The first-order valence-electron chi connectivity index (χ1n) is 14.7. The van der Waals surface area contributed by atoms with Gasteiger partial charge in [0.25, 0.3) is 5.91 Å². The zero-order chi connectivity index (χ0) is 32.2. The molecule has 12 heteroatoms. The Balaban J connectivity index is 1.38. The minimum Gasteiger partial charge on any atom is -0.302 e. The molecule has 1 aliphatic rings. The van der Waals surface area contributed by atoms with Crippen LogP contribution in [0.3, 0.4) is 0 Å². The molecule has 0 saturated heterocycles. The summed E-state index contributed by atoms with van der Waals surface area (Å²) >= 11 is 1.39. The zero-order valence-corrected chi connectivity index (χ0v) is 26.5. The van der Waals surface area contributed by atoms with E-state index in [1.807, 2.05) is 66.0 Å². The molecule has 7 rings (SSSR count). The Morgan fingerprint density at radius 2 is 1.45 bits per heavy atom. The second kappa shape index (κ2) is 13.1. The van der Waals surface area contributed by atoms with Gasteiger partial charge in [-0.3, -0.25) is 24.7 Å². The standard InChI is InChI=1S/C35H27N7O3S2/c43-35-31(20-33-40-17-18-46-33)30-19-29(11-12-32(30)41(35)23-27-21-36-13-15-38-27)47(44,45)42(24-28-22-37-14-16-39-28)34(25-7-3-1-4-8-25)26-9-5-2-6-10-26/h1-22,34H,23-24H2/b31-20+. The molecule has 47 heavy (non-hydrogen) atoms. The highest BCUT2D eigenvalue weighted by atomic mass is 32.2. The lowest BCUT2D eigenvalue weighted by atomic mass is 9.98. The van der Waals surface area contributed by atoms with Crippen LogP contribution in [0.15, 0.2) is 133 Å². The van der Waals surface area contributed by atoms with Crippen LogP contribution in [-0.2, 0) is 27.9 Å². The van der Waals surface area contributed by atoms with Gasteiger partial charge >= 0.3 is 0 Å². The van der Waals surface area contributed by atoms with Crippen LogP contribution >= 0.6 is 11.3 Å². The van der Waals surface area contributed by atoms with Crippen molar-refractivity contribution in [2.75, 3.05) is 4.90 Å². The Kier molecular flexibility index (Phi) is 8.44. The number of fused-ring (bicyclic) bond motifs is 1. The van der Waals surface area contributed by atoms with Crippen LogP contribution in [0, 0.1) is 0 Å². The summed E-state index contributed by atoms with van der Waals surface area (Å²) in [6, 6.07) is 23.1. The highest BCUT2D eigenvalue weighted by Crippen LogP contribution is 2.42. The van der Waals surface area contributed by atoms with Gasteiger partial charge in [0.05, 0.1) is 52.9 Å². The van der Waals surface area contributed by atoms with Crippen molar-refractivity contribution in [3.63, 3.8) is 0 Å². The zero-order valence-electron chi connectivity index (χ0n) is 24.9. The number of carbonyl (C=O) groups excluding carboxylic acids is 1. The van der Waals surface area contributed by atoms with Crippen LogP contribution < -0.4 is 4.90 Å². The number of benzene rings is 3. The third-order valence-electron chi connectivity index (χ3n) is 7.74. The van der Waals surface area contributed by atoms with Crippen LogP contribution in [0.2, 0.25) is 0 Å². The van der Waals surface area contributed by atoms with Crippen LogP contribution in [-0.4, -0.2) is 43.6 Å². The molecule has 1 aliphatic heterocycles. The van der Waals surface area contributed by atoms with E-state index in [1.54, 1.807) is 72.6 Å². The van der Waals surface area contributed by atoms with Gasteiger partial charge in [-0.1, -0.05) is 60.7 Å². The van der Waals surface area contributed by atoms with E-state index in [0.717, 1.165) is 11.1 Å². The Labute approximate surface area is 275 Å². The number of nitrogens with zero attached hydrogens (tertiary/aromatic N) is 7. The fourth-order valence-electron chi connectivity index (χ4n) is 5.61. The molecule has 0 radical (unpaired) electrons. The van der Waals surface area contributed by atoms with Crippen molar-refractivity contribution in [1.29, 1.82) is 0 Å². The number of amides is 1. The minimum absolute atomic E-state index is 0.0381. The lowest BCUT2D eigenvalue weighted by Crippen LogP contribution is -2.35. The van der Waals surface area contributed by atoms with Gasteiger partial charge in [-0.25, -0.2) is 13.4 Å². The van der Waals surface area contributed by atoms with E-state index in [2.05, 4.69) is 24.9 Å². The van der Waals surface area contributed by atoms with Crippen LogP contribution in [0.4, 0.5) is 5.69 Å². The topological polar surface area (TPSA) is 122 Å².